The standard InChI is InChI=1S/C16H20N4O3/c1-3-17-16(18-9-13-6-7-23-19-13)20(2)10-12-4-5-14-15(8-12)22-11-21-14/h4-8H,3,9-11H2,1-2H3,(H,17,18). The van der Waals surface area contributed by atoms with E-state index in [1.165, 1.54) is 0 Å². The highest BCUT2D eigenvalue weighted by atomic mass is 16.7. The third kappa shape index (κ3) is 3.74. The Morgan fingerprint density at radius 3 is 2.96 bits per heavy atom. The van der Waals surface area contributed by atoms with Crippen molar-refractivity contribution in [1.82, 2.24) is 15.4 Å². The van der Waals surface area contributed by atoms with E-state index in [2.05, 4.69) is 20.4 Å². The lowest BCUT2D eigenvalue weighted by Crippen LogP contribution is -2.38. The van der Waals surface area contributed by atoms with E-state index in [0.29, 0.717) is 13.1 Å². The molecule has 0 atom stereocenters. The smallest absolute Gasteiger partial charge is 0.231 e. The molecule has 0 unspecified atom stereocenters. The van der Waals surface area contributed by atoms with Crippen molar-refractivity contribution in [1.29, 1.82) is 0 Å². The van der Waals surface area contributed by atoms with Gasteiger partial charge in [-0.05, 0) is 24.6 Å². The van der Waals surface area contributed by atoms with Gasteiger partial charge in [-0.15, -0.1) is 0 Å². The van der Waals surface area contributed by atoms with Gasteiger partial charge in [-0.25, -0.2) is 4.99 Å². The van der Waals surface area contributed by atoms with Gasteiger partial charge in [0.2, 0.25) is 6.79 Å². The lowest BCUT2D eigenvalue weighted by atomic mass is 10.2. The van der Waals surface area contributed by atoms with Crippen molar-refractivity contribution in [3.8, 4) is 11.5 Å². The Morgan fingerprint density at radius 2 is 2.17 bits per heavy atom. The number of aliphatic imine (C=N–C) groups is 1. The average Bonchev–Trinajstić information content (AvgIpc) is 3.22. The van der Waals surface area contributed by atoms with Crippen LogP contribution in [0.1, 0.15) is 18.2 Å². The summed E-state index contributed by atoms with van der Waals surface area (Å²) in [6.07, 6.45) is 1.55. The fourth-order valence-corrected chi connectivity index (χ4v) is 2.33. The second-order valence-electron chi connectivity index (χ2n) is 5.20. The molecule has 1 aliphatic heterocycles. The van der Waals surface area contributed by atoms with Crippen LogP contribution in [0.3, 0.4) is 0 Å². The third-order valence-corrected chi connectivity index (χ3v) is 3.44. The van der Waals surface area contributed by atoms with Gasteiger partial charge in [-0.1, -0.05) is 11.2 Å². The maximum absolute atomic E-state index is 5.42. The molecule has 0 saturated heterocycles. The Labute approximate surface area is 134 Å². The molecule has 7 nitrogen and oxygen atoms in total. The first-order valence-electron chi connectivity index (χ1n) is 7.53. The number of fused-ring (bicyclic) bond motifs is 1. The minimum atomic E-state index is 0.288. The van der Waals surface area contributed by atoms with Gasteiger partial charge in [0.05, 0.1) is 6.54 Å². The van der Waals surface area contributed by atoms with E-state index < -0.39 is 0 Å². The van der Waals surface area contributed by atoms with Crippen molar-refractivity contribution in [2.24, 2.45) is 4.99 Å². The molecule has 2 heterocycles. The van der Waals surface area contributed by atoms with Crippen LogP contribution in [0.4, 0.5) is 0 Å². The van der Waals surface area contributed by atoms with Crippen molar-refractivity contribution < 1.29 is 14.0 Å². The average molecular weight is 316 g/mol. The van der Waals surface area contributed by atoms with E-state index in [1.54, 1.807) is 6.26 Å². The van der Waals surface area contributed by atoms with E-state index in [4.69, 9.17) is 14.0 Å². The summed E-state index contributed by atoms with van der Waals surface area (Å²) < 4.78 is 15.6. The quantitative estimate of drug-likeness (QED) is 0.672. The molecular formula is C16H20N4O3. The topological polar surface area (TPSA) is 72.1 Å². The molecule has 0 saturated carbocycles. The molecule has 7 heteroatoms. The molecular weight excluding hydrogens is 296 g/mol. The Kier molecular flexibility index (Phi) is 4.65. The predicted octanol–water partition coefficient (Wildman–Crippen LogP) is 2.00. The highest BCUT2D eigenvalue weighted by Gasteiger charge is 2.14. The van der Waals surface area contributed by atoms with Crippen LogP contribution >= 0.6 is 0 Å². The maximum Gasteiger partial charge on any atom is 0.231 e. The minimum absolute atomic E-state index is 0.288. The Hall–Kier alpha value is -2.70. The lowest BCUT2D eigenvalue weighted by molar-refractivity contribution is 0.174. The lowest BCUT2D eigenvalue weighted by Gasteiger charge is -2.22. The molecule has 3 rings (SSSR count). The summed E-state index contributed by atoms with van der Waals surface area (Å²) in [5.41, 5.74) is 1.93. The highest BCUT2D eigenvalue weighted by Crippen LogP contribution is 2.32. The van der Waals surface area contributed by atoms with Crippen LogP contribution in [-0.4, -0.2) is 36.4 Å². The van der Waals surface area contributed by atoms with Crippen molar-refractivity contribution in [2.75, 3.05) is 20.4 Å². The Bertz CT molecular complexity index is 670. The van der Waals surface area contributed by atoms with Crippen LogP contribution < -0.4 is 14.8 Å². The number of guanidine groups is 1. The van der Waals surface area contributed by atoms with Crippen molar-refractivity contribution >= 4 is 5.96 Å². The molecule has 122 valence electrons. The second kappa shape index (κ2) is 7.04. The monoisotopic (exact) mass is 316 g/mol. The highest BCUT2D eigenvalue weighted by molar-refractivity contribution is 5.79. The number of nitrogens with one attached hydrogen (secondary N) is 1. The number of aromatic nitrogens is 1. The van der Waals surface area contributed by atoms with E-state index in [0.717, 1.165) is 35.3 Å². The number of hydrogen-bond acceptors (Lipinski definition) is 5. The zero-order chi connectivity index (χ0) is 16.1. The second-order valence-corrected chi connectivity index (χ2v) is 5.20. The zero-order valence-corrected chi connectivity index (χ0v) is 13.3. The van der Waals surface area contributed by atoms with Crippen LogP contribution in [0.2, 0.25) is 0 Å². The molecule has 23 heavy (non-hydrogen) atoms. The van der Waals surface area contributed by atoms with Crippen LogP contribution in [0.25, 0.3) is 0 Å². The molecule has 1 aliphatic rings. The molecule has 1 aromatic heterocycles. The van der Waals surface area contributed by atoms with E-state index in [1.807, 2.05) is 38.2 Å². The third-order valence-electron chi connectivity index (χ3n) is 3.44. The Balaban J connectivity index is 1.68. The molecule has 1 aromatic carbocycles. The fraction of sp³-hybridized carbons (Fsp3) is 0.375. The van der Waals surface area contributed by atoms with E-state index in [9.17, 15) is 0 Å². The number of nitrogens with zero attached hydrogens (tertiary/aromatic N) is 3. The predicted molar refractivity (Wildman–Crippen MR) is 85.4 cm³/mol. The van der Waals surface area contributed by atoms with E-state index in [-0.39, 0.29) is 6.79 Å². The first-order valence-corrected chi connectivity index (χ1v) is 7.53. The van der Waals surface area contributed by atoms with Gasteiger partial charge in [0.15, 0.2) is 17.5 Å². The molecule has 0 fully saturated rings. The first-order chi connectivity index (χ1) is 11.3. The van der Waals surface area contributed by atoms with Crippen molar-refractivity contribution in [3.05, 3.63) is 41.8 Å². The van der Waals surface area contributed by atoms with Gasteiger partial charge < -0.3 is 24.2 Å². The van der Waals surface area contributed by atoms with Crippen LogP contribution in [0.15, 0.2) is 40.0 Å². The zero-order valence-electron chi connectivity index (χ0n) is 13.3. The van der Waals surface area contributed by atoms with Gasteiger partial charge in [0.1, 0.15) is 12.0 Å². The number of benzene rings is 1. The van der Waals surface area contributed by atoms with Crippen LogP contribution in [-0.2, 0) is 13.1 Å². The Morgan fingerprint density at radius 1 is 1.30 bits per heavy atom. The molecule has 0 spiro atoms. The summed E-state index contributed by atoms with van der Waals surface area (Å²) in [5, 5.41) is 7.15. The first kappa shape index (κ1) is 15.2. The summed E-state index contributed by atoms with van der Waals surface area (Å²) in [6.45, 7) is 4.31. The van der Waals surface area contributed by atoms with Gasteiger partial charge in [-0.3, -0.25) is 0 Å². The number of ether oxygens (including phenoxy) is 2. The van der Waals surface area contributed by atoms with E-state index >= 15 is 0 Å². The maximum atomic E-state index is 5.42. The molecule has 0 radical (unpaired) electrons. The normalized spacial score (nSPS) is 13.2. The number of rotatable bonds is 5. The number of hydrogen-bond donors (Lipinski definition) is 1. The minimum Gasteiger partial charge on any atom is -0.454 e. The van der Waals surface area contributed by atoms with Crippen molar-refractivity contribution in [3.63, 3.8) is 0 Å². The molecule has 2 aromatic rings. The van der Waals surface area contributed by atoms with Crippen LogP contribution in [0, 0.1) is 0 Å². The summed E-state index contributed by atoms with van der Waals surface area (Å²) in [4.78, 5) is 6.63. The van der Waals surface area contributed by atoms with Gasteiger partial charge in [0.25, 0.3) is 0 Å². The fourth-order valence-electron chi connectivity index (χ4n) is 2.33. The van der Waals surface area contributed by atoms with Gasteiger partial charge in [-0.2, -0.15) is 0 Å². The molecule has 0 bridgehead atoms. The summed E-state index contributed by atoms with van der Waals surface area (Å²) in [6, 6.07) is 7.78. The molecule has 1 N–H and O–H groups in total. The van der Waals surface area contributed by atoms with Gasteiger partial charge >= 0.3 is 0 Å². The molecule has 0 aliphatic carbocycles. The summed E-state index contributed by atoms with van der Waals surface area (Å²) >= 11 is 0. The largest absolute Gasteiger partial charge is 0.454 e. The van der Waals surface area contributed by atoms with Gasteiger partial charge in [0, 0.05) is 26.2 Å². The van der Waals surface area contributed by atoms with Crippen LogP contribution in [0.5, 0.6) is 11.5 Å². The summed E-state index contributed by atoms with van der Waals surface area (Å²) in [7, 11) is 1.99. The van der Waals surface area contributed by atoms with Crippen molar-refractivity contribution in [2.45, 2.75) is 20.0 Å². The molecule has 0 amide bonds. The SMILES string of the molecule is CCNC(=NCc1ccon1)N(C)Cc1ccc2c(c1)OCO2. The summed E-state index contributed by atoms with van der Waals surface area (Å²) in [5.74, 6) is 2.40.